The van der Waals surface area contributed by atoms with Gasteiger partial charge in [-0.15, -0.1) is 0 Å². The fraction of sp³-hybridized carbons (Fsp3) is 0.200. The second-order valence-corrected chi connectivity index (χ2v) is 7.41. The van der Waals surface area contributed by atoms with Gasteiger partial charge in [0.2, 0.25) is 5.91 Å². The Kier molecular flexibility index (Phi) is 6.14. The molecule has 1 aromatic heterocycles. The second kappa shape index (κ2) is 8.42. The van der Waals surface area contributed by atoms with Gasteiger partial charge in [-0.3, -0.25) is 4.79 Å². The number of amides is 1. The first kappa shape index (κ1) is 21.1. The maximum atomic E-state index is 12.6. The lowest BCUT2D eigenvalue weighted by Gasteiger charge is -2.15. The third kappa shape index (κ3) is 5.07. The molecule has 9 heteroatoms. The lowest BCUT2D eigenvalue weighted by molar-refractivity contribution is -0.137. The van der Waals surface area contributed by atoms with E-state index >= 15 is 0 Å². The SMILES string of the molecule is Cc1nsc(N(C)C(=O)Cc2ccc(Oc3ccc(C(F)(F)F)cc3)cc2)c1Cl. The number of rotatable bonds is 5. The number of ether oxygens (including phenoxy) is 1. The molecule has 1 heterocycles. The topological polar surface area (TPSA) is 42.4 Å². The number of likely N-dealkylation sites (N-methyl/N-ethyl adjacent to an activating group) is 1. The van der Waals surface area contributed by atoms with Crippen LogP contribution in [0.5, 0.6) is 11.5 Å². The molecule has 152 valence electrons. The van der Waals surface area contributed by atoms with Crippen LogP contribution in [0.3, 0.4) is 0 Å². The number of hydrogen-bond acceptors (Lipinski definition) is 4. The monoisotopic (exact) mass is 440 g/mol. The third-order valence-electron chi connectivity index (χ3n) is 4.15. The van der Waals surface area contributed by atoms with E-state index in [0.717, 1.165) is 29.2 Å². The van der Waals surface area contributed by atoms with Gasteiger partial charge in [0.15, 0.2) is 0 Å². The van der Waals surface area contributed by atoms with Crippen molar-refractivity contribution in [2.45, 2.75) is 19.5 Å². The molecule has 0 fully saturated rings. The summed E-state index contributed by atoms with van der Waals surface area (Å²) in [6.45, 7) is 1.77. The molecule has 0 spiro atoms. The summed E-state index contributed by atoms with van der Waals surface area (Å²) in [5, 5.41) is 1.06. The molecule has 2 aromatic carbocycles. The molecule has 0 aliphatic rings. The van der Waals surface area contributed by atoms with Crippen LogP contribution in [0.25, 0.3) is 0 Å². The van der Waals surface area contributed by atoms with Gasteiger partial charge in [-0.25, -0.2) is 0 Å². The Morgan fingerprint density at radius 1 is 1.10 bits per heavy atom. The summed E-state index contributed by atoms with van der Waals surface area (Å²) < 4.78 is 47.5. The summed E-state index contributed by atoms with van der Waals surface area (Å²) in [5.74, 6) is 0.596. The van der Waals surface area contributed by atoms with E-state index in [1.54, 1.807) is 38.2 Å². The highest BCUT2D eigenvalue weighted by atomic mass is 35.5. The average molecular weight is 441 g/mol. The van der Waals surface area contributed by atoms with E-state index in [1.165, 1.54) is 17.0 Å². The highest BCUT2D eigenvalue weighted by Gasteiger charge is 2.30. The minimum atomic E-state index is -4.39. The summed E-state index contributed by atoms with van der Waals surface area (Å²) in [7, 11) is 1.64. The van der Waals surface area contributed by atoms with Crippen molar-refractivity contribution >= 4 is 34.0 Å². The van der Waals surface area contributed by atoms with E-state index in [9.17, 15) is 18.0 Å². The molecule has 0 aliphatic heterocycles. The molecule has 0 saturated heterocycles. The summed E-state index contributed by atoms with van der Waals surface area (Å²) in [5.41, 5.74) is 0.703. The summed E-state index contributed by atoms with van der Waals surface area (Å²) in [6.07, 6.45) is -4.23. The van der Waals surface area contributed by atoms with Crippen molar-refractivity contribution < 1.29 is 22.7 Å². The quantitative estimate of drug-likeness (QED) is 0.480. The minimum absolute atomic E-state index is 0.146. The van der Waals surface area contributed by atoms with E-state index in [0.29, 0.717) is 21.5 Å². The molecule has 1 amide bonds. The summed E-state index contributed by atoms with van der Waals surface area (Å²) in [6, 6.07) is 11.2. The fourth-order valence-corrected chi connectivity index (χ4v) is 3.57. The van der Waals surface area contributed by atoms with E-state index < -0.39 is 11.7 Å². The number of anilines is 1. The van der Waals surface area contributed by atoms with Crippen LogP contribution in [0.4, 0.5) is 18.2 Å². The minimum Gasteiger partial charge on any atom is -0.457 e. The molecule has 0 aliphatic carbocycles. The van der Waals surface area contributed by atoms with Crippen molar-refractivity contribution in [1.82, 2.24) is 4.37 Å². The van der Waals surface area contributed by atoms with Crippen molar-refractivity contribution in [2.75, 3.05) is 11.9 Å². The zero-order chi connectivity index (χ0) is 21.2. The Balaban J connectivity index is 1.62. The van der Waals surface area contributed by atoms with E-state index in [2.05, 4.69) is 4.37 Å². The largest absolute Gasteiger partial charge is 0.457 e. The van der Waals surface area contributed by atoms with Crippen molar-refractivity contribution in [1.29, 1.82) is 0 Å². The smallest absolute Gasteiger partial charge is 0.416 e. The zero-order valence-corrected chi connectivity index (χ0v) is 17.0. The second-order valence-electron chi connectivity index (χ2n) is 6.28. The van der Waals surface area contributed by atoms with E-state index in [1.807, 2.05) is 0 Å². The first-order chi connectivity index (χ1) is 13.6. The first-order valence-electron chi connectivity index (χ1n) is 8.47. The number of aryl methyl sites for hydroxylation is 1. The predicted molar refractivity (Wildman–Crippen MR) is 107 cm³/mol. The van der Waals surface area contributed by atoms with Gasteiger partial charge in [-0.1, -0.05) is 23.7 Å². The van der Waals surface area contributed by atoms with Crippen LogP contribution in [-0.2, 0) is 17.4 Å². The zero-order valence-electron chi connectivity index (χ0n) is 15.5. The van der Waals surface area contributed by atoms with Gasteiger partial charge in [0, 0.05) is 7.05 Å². The van der Waals surface area contributed by atoms with Gasteiger partial charge < -0.3 is 9.64 Å². The predicted octanol–water partition coefficient (Wildman–Crippen LogP) is 6.12. The Bertz CT molecular complexity index is 1000. The van der Waals surface area contributed by atoms with E-state index in [4.69, 9.17) is 16.3 Å². The Labute approximate surface area is 174 Å². The molecule has 0 saturated carbocycles. The number of halogens is 4. The molecular weight excluding hydrogens is 425 g/mol. The van der Waals surface area contributed by atoms with Crippen molar-refractivity contribution in [2.24, 2.45) is 0 Å². The molecule has 3 aromatic rings. The first-order valence-corrected chi connectivity index (χ1v) is 9.62. The van der Waals surface area contributed by atoms with Crippen molar-refractivity contribution in [3.8, 4) is 11.5 Å². The number of alkyl halides is 3. The number of aromatic nitrogens is 1. The Morgan fingerprint density at radius 2 is 1.66 bits per heavy atom. The molecule has 0 N–H and O–H groups in total. The number of carbonyl (C=O) groups is 1. The van der Waals surface area contributed by atoms with Crippen LogP contribution >= 0.6 is 23.1 Å². The maximum Gasteiger partial charge on any atom is 0.416 e. The maximum absolute atomic E-state index is 12.6. The molecular formula is C20H16ClF3N2O2S. The molecule has 0 bridgehead atoms. The highest BCUT2D eigenvalue weighted by molar-refractivity contribution is 7.11. The molecule has 29 heavy (non-hydrogen) atoms. The van der Waals surface area contributed by atoms with E-state index in [-0.39, 0.29) is 18.1 Å². The van der Waals surface area contributed by atoms with Gasteiger partial charge in [0.25, 0.3) is 0 Å². The highest BCUT2D eigenvalue weighted by Crippen LogP contribution is 2.33. The van der Waals surface area contributed by atoms with Crippen LogP contribution in [0.1, 0.15) is 16.8 Å². The van der Waals surface area contributed by atoms with Gasteiger partial charge in [-0.2, -0.15) is 17.5 Å². The van der Waals surface area contributed by atoms with Gasteiger partial charge in [0.05, 0.1) is 22.7 Å². The summed E-state index contributed by atoms with van der Waals surface area (Å²) >= 11 is 7.32. The molecule has 4 nitrogen and oxygen atoms in total. The normalized spacial score (nSPS) is 11.4. The van der Waals surface area contributed by atoms with Gasteiger partial charge in [0.1, 0.15) is 16.5 Å². The van der Waals surface area contributed by atoms with Crippen LogP contribution in [-0.4, -0.2) is 17.3 Å². The number of nitrogens with zero attached hydrogens (tertiary/aromatic N) is 2. The van der Waals surface area contributed by atoms with Crippen molar-refractivity contribution in [3.63, 3.8) is 0 Å². The van der Waals surface area contributed by atoms with Crippen LogP contribution < -0.4 is 9.64 Å². The Morgan fingerprint density at radius 3 is 2.14 bits per heavy atom. The molecule has 0 atom stereocenters. The van der Waals surface area contributed by atoms with Crippen LogP contribution in [0, 0.1) is 6.92 Å². The average Bonchev–Trinajstić information content (AvgIpc) is 3.01. The Hall–Kier alpha value is -2.58. The van der Waals surface area contributed by atoms with Crippen LogP contribution in [0.2, 0.25) is 5.02 Å². The molecule has 0 radical (unpaired) electrons. The summed E-state index contributed by atoms with van der Waals surface area (Å²) in [4.78, 5) is 14.0. The fourth-order valence-electron chi connectivity index (χ4n) is 2.48. The van der Waals surface area contributed by atoms with Crippen molar-refractivity contribution in [3.05, 3.63) is 70.4 Å². The number of hydrogen-bond donors (Lipinski definition) is 0. The molecule has 3 rings (SSSR count). The third-order valence-corrected chi connectivity index (χ3v) is 5.73. The van der Waals surface area contributed by atoms with Gasteiger partial charge >= 0.3 is 6.18 Å². The lowest BCUT2D eigenvalue weighted by atomic mass is 10.1. The standard InChI is InChI=1S/C20H16ClF3N2O2S/c1-12-18(21)19(29-25-12)26(2)17(27)11-13-3-7-15(8-4-13)28-16-9-5-14(6-10-16)20(22,23)24/h3-10H,11H2,1-2H3. The van der Waals surface area contributed by atoms with Gasteiger partial charge in [-0.05, 0) is 60.4 Å². The van der Waals surface area contributed by atoms with Crippen LogP contribution in [0.15, 0.2) is 48.5 Å². The number of benzene rings is 2. The number of carbonyl (C=O) groups excluding carboxylic acids is 1. The molecule has 0 unspecified atom stereocenters. The lowest BCUT2D eigenvalue weighted by Crippen LogP contribution is -2.27.